The van der Waals surface area contributed by atoms with Crippen LogP contribution in [0.5, 0.6) is 0 Å². The first-order chi connectivity index (χ1) is 4.50. The third kappa shape index (κ3) is 15.7. The molecular weight excluding hydrogens is 160 g/mol. The molecule has 1 aliphatic heterocycles. The highest BCUT2D eigenvalue weighted by Crippen LogP contribution is 1.85. The standard InChI is InChI=1S/C3H6O2.CH4O3S/c1-2-5-3-4-1;1-5(2,3)4/h1-3H2;1H3,(H,2,3,4). The summed E-state index contributed by atoms with van der Waals surface area (Å²) in [7, 11) is -3.67. The lowest BCUT2D eigenvalue weighted by Crippen LogP contribution is -1.88. The monoisotopic (exact) mass is 170 g/mol. The minimum atomic E-state index is -3.67. The molecule has 1 fully saturated rings. The van der Waals surface area contributed by atoms with Crippen LogP contribution in [-0.2, 0) is 19.6 Å². The molecule has 1 rings (SSSR count). The maximum absolute atomic E-state index is 9.19. The SMILES string of the molecule is C1COCO1.CS(=O)(=O)O. The van der Waals surface area contributed by atoms with Crippen molar-refractivity contribution in [3.8, 4) is 0 Å². The van der Waals surface area contributed by atoms with Crippen LogP contribution in [0.1, 0.15) is 0 Å². The fraction of sp³-hybridized carbons (Fsp3) is 1.00. The molecule has 0 saturated carbocycles. The maximum Gasteiger partial charge on any atom is 0.261 e. The van der Waals surface area contributed by atoms with Crippen molar-refractivity contribution in [2.45, 2.75) is 0 Å². The number of ether oxygens (including phenoxy) is 2. The largest absolute Gasteiger partial charge is 0.353 e. The molecule has 0 atom stereocenters. The highest BCUT2D eigenvalue weighted by Gasteiger charge is 1.93. The van der Waals surface area contributed by atoms with Crippen LogP contribution in [0.2, 0.25) is 0 Å². The van der Waals surface area contributed by atoms with Crippen LogP contribution in [0.15, 0.2) is 0 Å². The van der Waals surface area contributed by atoms with Crippen molar-refractivity contribution in [1.29, 1.82) is 0 Å². The molecule has 0 radical (unpaired) electrons. The van der Waals surface area contributed by atoms with Gasteiger partial charge in [0.2, 0.25) is 0 Å². The van der Waals surface area contributed by atoms with Gasteiger partial charge >= 0.3 is 0 Å². The third-order valence-corrected chi connectivity index (χ3v) is 0.539. The van der Waals surface area contributed by atoms with Gasteiger partial charge in [-0.2, -0.15) is 8.42 Å². The third-order valence-electron chi connectivity index (χ3n) is 0.539. The molecule has 0 aliphatic carbocycles. The first kappa shape index (κ1) is 9.83. The fourth-order valence-corrected chi connectivity index (χ4v) is 0.295. The smallest absolute Gasteiger partial charge is 0.261 e. The van der Waals surface area contributed by atoms with Crippen molar-refractivity contribution in [2.24, 2.45) is 0 Å². The Kier molecular flexibility index (Phi) is 4.54. The lowest BCUT2D eigenvalue weighted by atomic mass is 10.8. The van der Waals surface area contributed by atoms with Gasteiger partial charge in [0.15, 0.2) is 0 Å². The summed E-state index contributed by atoms with van der Waals surface area (Å²) in [5, 5.41) is 0. The van der Waals surface area contributed by atoms with E-state index in [4.69, 9.17) is 14.0 Å². The van der Waals surface area contributed by atoms with Crippen molar-refractivity contribution in [3.63, 3.8) is 0 Å². The molecule has 1 aliphatic rings. The molecule has 0 bridgehead atoms. The Morgan fingerprint density at radius 3 is 1.70 bits per heavy atom. The van der Waals surface area contributed by atoms with Crippen LogP contribution >= 0.6 is 0 Å². The van der Waals surface area contributed by atoms with Crippen LogP contribution in [0, 0.1) is 0 Å². The Morgan fingerprint density at radius 1 is 1.30 bits per heavy atom. The van der Waals surface area contributed by atoms with E-state index in [1.54, 1.807) is 0 Å². The molecule has 1 N–H and O–H groups in total. The van der Waals surface area contributed by atoms with Gasteiger partial charge in [-0.1, -0.05) is 0 Å². The topological polar surface area (TPSA) is 72.8 Å². The van der Waals surface area contributed by atoms with Gasteiger partial charge in [0.1, 0.15) is 6.79 Å². The average Bonchev–Trinajstić information content (AvgIpc) is 2.07. The Balaban J connectivity index is 0.000000162. The molecule has 1 heterocycles. The van der Waals surface area contributed by atoms with Crippen molar-refractivity contribution < 1.29 is 22.4 Å². The zero-order valence-electron chi connectivity index (χ0n) is 5.61. The minimum absolute atomic E-state index is 0.500. The molecule has 0 aromatic carbocycles. The second-order valence-corrected chi connectivity index (χ2v) is 3.13. The maximum atomic E-state index is 9.19. The van der Waals surface area contributed by atoms with E-state index in [9.17, 15) is 8.42 Å². The normalized spacial score (nSPS) is 17.8. The zero-order valence-corrected chi connectivity index (χ0v) is 6.43. The van der Waals surface area contributed by atoms with Gasteiger partial charge < -0.3 is 9.47 Å². The Bertz CT molecular complexity index is 141. The highest BCUT2D eigenvalue weighted by molar-refractivity contribution is 7.85. The van der Waals surface area contributed by atoms with E-state index in [1.165, 1.54) is 0 Å². The molecule has 0 aromatic rings. The molecule has 0 amide bonds. The first-order valence-corrected chi connectivity index (χ1v) is 4.43. The predicted molar refractivity (Wildman–Crippen MR) is 34.2 cm³/mol. The van der Waals surface area contributed by atoms with Gasteiger partial charge in [0, 0.05) is 0 Å². The van der Waals surface area contributed by atoms with Crippen molar-refractivity contribution in [3.05, 3.63) is 0 Å². The van der Waals surface area contributed by atoms with Crippen molar-refractivity contribution in [1.82, 2.24) is 0 Å². The highest BCUT2D eigenvalue weighted by atomic mass is 32.2. The van der Waals surface area contributed by atoms with Crippen molar-refractivity contribution in [2.75, 3.05) is 26.3 Å². The summed E-state index contributed by atoms with van der Waals surface area (Å²) in [5.41, 5.74) is 0. The quantitative estimate of drug-likeness (QED) is 0.496. The minimum Gasteiger partial charge on any atom is -0.353 e. The first-order valence-electron chi connectivity index (χ1n) is 2.58. The van der Waals surface area contributed by atoms with E-state index in [-0.39, 0.29) is 0 Å². The number of hydrogen-bond donors (Lipinski definition) is 1. The van der Waals surface area contributed by atoms with Crippen molar-refractivity contribution >= 4 is 10.1 Å². The van der Waals surface area contributed by atoms with E-state index >= 15 is 0 Å². The molecular formula is C4H10O5S. The second kappa shape index (κ2) is 4.62. The second-order valence-electron chi connectivity index (χ2n) is 1.67. The molecule has 62 valence electrons. The fourth-order valence-electron chi connectivity index (χ4n) is 0.295. The van der Waals surface area contributed by atoms with Crippen LogP contribution in [0.4, 0.5) is 0 Å². The molecule has 5 nitrogen and oxygen atoms in total. The predicted octanol–water partition coefficient (Wildman–Crippen LogP) is -0.505. The van der Waals surface area contributed by atoms with E-state index in [1.807, 2.05) is 0 Å². The number of rotatable bonds is 0. The van der Waals surface area contributed by atoms with Crippen LogP contribution in [0.3, 0.4) is 0 Å². The van der Waals surface area contributed by atoms with Crippen LogP contribution < -0.4 is 0 Å². The summed E-state index contributed by atoms with van der Waals surface area (Å²) in [4.78, 5) is 0. The van der Waals surface area contributed by atoms with Gasteiger partial charge in [-0.3, -0.25) is 4.55 Å². The summed E-state index contributed by atoms with van der Waals surface area (Å²) in [6.45, 7) is 2.06. The number of hydrogen-bond acceptors (Lipinski definition) is 4. The average molecular weight is 170 g/mol. The lowest BCUT2D eigenvalue weighted by molar-refractivity contribution is 0.0692. The summed E-state index contributed by atoms with van der Waals surface area (Å²) in [5.74, 6) is 0. The lowest BCUT2D eigenvalue weighted by Gasteiger charge is -1.76. The molecule has 1 saturated heterocycles. The summed E-state index contributed by atoms with van der Waals surface area (Å²) < 4.78 is 35.3. The summed E-state index contributed by atoms with van der Waals surface area (Å²) in [6.07, 6.45) is 0.715. The van der Waals surface area contributed by atoms with Gasteiger partial charge in [-0.25, -0.2) is 0 Å². The van der Waals surface area contributed by atoms with Gasteiger partial charge in [0.05, 0.1) is 19.5 Å². The van der Waals surface area contributed by atoms with E-state index in [0.29, 0.717) is 13.0 Å². The van der Waals surface area contributed by atoms with Gasteiger partial charge in [-0.15, -0.1) is 0 Å². The van der Waals surface area contributed by atoms with Gasteiger partial charge in [-0.05, 0) is 0 Å². The van der Waals surface area contributed by atoms with Gasteiger partial charge in [0.25, 0.3) is 10.1 Å². The van der Waals surface area contributed by atoms with E-state index < -0.39 is 10.1 Å². The van der Waals surface area contributed by atoms with E-state index in [2.05, 4.69) is 0 Å². The Morgan fingerprint density at radius 2 is 1.60 bits per heavy atom. The Labute approximate surface area is 59.7 Å². The molecule has 10 heavy (non-hydrogen) atoms. The summed E-state index contributed by atoms with van der Waals surface area (Å²) in [6, 6.07) is 0. The molecule has 0 aromatic heterocycles. The summed E-state index contributed by atoms with van der Waals surface area (Å²) >= 11 is 0. The molecule has 0 unspecified atom stereocenters. The molecule has 6 heteroatoms. The van der Waals surface area contributed by atoms with Crippen LogP contribution in [0.25, 0.3) is 0 Å². The molecule has 0 spiro atoms. The zero-order chi connectivity index (χ0) is 8.04. The van der Waals surface area contributed by atoms with Crippen LogP contribution in [-0.4, -0.2) is 39.2 Å². The van der Waals surface area contributed by atoms with E-state index in [0.717, 1.165) is 13.2 Å². The Hall–Kier alpha value is -0.170.